The Labute approximate surface area is 112 Å². The Morgan fingerprint density at radius 3 is 2.69 bits per heavy atom. The predicted molar refractivity (Wildman–Crippen MR) is 71.7 cm³/mol. The number of halogens is 3. The van der Waals surface area contributed by atoms with Crippen LogP contribution in [0.2, 0.25) is 0 Å². The second-order valence-corrected chi connectivity index (χ2v) is 4.83. The smallest absolute Gasteiger partial charge is 0.123 e. The monoisotopic (exact) mass is 321 g/mol. The zero-order valence-electron chi connectivity index (χ0n) is 8.19. The largest absolute Gasteiger partial charge is 0.320 e. The van der Waals surface area contributed by atoms with Gasteiger partial charge in [-0.05, 0) is 46.2 Å². The van der Waals surface area contributed by atoms with Crippen LogP contribution in [0.5, 0.6) is 0 Å². The first kappa shape index (κ1) is 13.6. The van der Waals surface area contributed by atoms with E-state index in [0.717, 1.165) is 15.6 Å². The molecule has 0 aliphatic carbocycles. The van der Waals surface area contributed by atoms with Crippen LogP contribution in [0.1, 0.15) is 17.2 Å². The molecule has 0 aliphatic heterocycles. The molecule has 1 aromatic carbocycles. The van der Waals surface area contributed by atoms with Gasteiger partial charge in [0.05, 0.1) is 6.04 Å². The quantitative estimate of drug-likeness (QED) is 0.884. The molecule has 0 amide bonds. The number of hydrogen-bond donors (Lipinski definition) is 1. The van der Waals surface area contributed by atoms with Crippen LogP contribution in [0.25, 0.3) is 0 Å². The zero-order valence-corrected chi connectivity index (χ0v) is 11.4. The number of thiophene rings is 1. The Morgan fingerprint density at radius 1 is 1.31 bits per heavy atom. The molecule has 0 unspecified atom stereocenters. The van der Waals surface area contributed by atoms with E-state index in [2.05, 4.69) is 15.9 Å². The minimum atomic E-state index is -0.277. The van der Waals surface area contributed by atoms with Crippen molar-refractivity contribution < 1.29 is 4.39 Å². The van der Waals surface area contributed by atoms with Crippen molar-refractivity contribution in [3.05, 3.63) is 56.4 Å². The van der Waals surface area contributed by atoms with E-state index in [1.807, 2.05) is 16.8 Å². The summed E-state index contributed by atoms with van der Waals surface area (Å²) in [6.45, 7) is 0. The van der Waals surface area contributed by atoms with Crippen molar-refractivity contribution in [3.63, 3.8) is 0 Å². The fourth-order valence-corrected chi connectivity index (χ4v) is 2.57. The third-order valence-electron chi connectivity index (χ3n) is 2.20. The lowest BCUT2D eigenvalue weighted by atomic mass is 10.0. The fraction of sp³-hybridized carbons (Fsp3) is 0.0909. The van der Waals surface area contributed by atoms with Crippen LogP contribution in [-0.2, 0) is 0 Å². The fourth-order valence-electron chi connectivity index (χ4n) is 1.38. The van der Waals surface area contributed by atoms with Gasteiger partial charge in [0.2, 0.25) is 0 Å². The molecule has 1 heterocycles. The number of hydrogen-bond acceptors (Lipinski definition) is 2. The summed E-state index contributed by atoms with van der Waals surface area (Å²) in [5.41, 5.74) is 7.82. The molecular weight excluding hydrogens is 313 g/mol. The van der Waals surface area contributed by atoms with E-state index in [9.17, 15) is 4.39 Å². The third kappa shape index (κ3) is 2.83. The molecule has 0 saturated heterocycles. The number of rotatable bonds is 2. The topological polar surface area (TPSA) is 26.0 Å². The maximum absolute atomic E-state index is 13.1. The summed E-state index contributed by atoms with van der Waals surface area (Å²) in [7, 11) is 0. The number of nitrogens with two attached hydrogens (primary N) is 1. The van der Waals surface area contributed by atoms with Gasteiger partial charge in [0.1, 0.15) is 5.82 Å². The van der Waals surface area contributed by atoms with Crippen LogP contribution in [0.4, 0.5) is 4.39 Å². The first-order valence-corrected chi connectivity index (χ1v) is 6.14. The highest BCUT2D eigenvalue weighted by Gasteiger charge is 2.13. The van der Waals surface area contributed by atoms with Crippen molar-refractivity contribution in [1.82, 2.24) is 0 Å². The van der Waals surface area contributed by atoms with E-state index in [0.29, 0.717) is 0 Å². The Bertz CT molecular complexity index is 461. The molecule has 2 aromatic rings. The molecule has 16 heavy (non-hydrogen) atoms. The average Bonchev–Trinajstić information content (AvgIpc) is 2.74. The number of benzene rings is 1. The Kier molecular flexibility index (Phi) is 4.92. The van der Waals surface area contributed by atoms with Crippen LogP contribution in [0.15, 0.2) is 39.5 Å². The van der Waals surface area contributed by atoms with Gasteiger partial charge in [0.15, 0.2) is 0 Å². The van der Waals surface area contributed by atoms with Gasteiger partial charge in [-0.15, -0.1) is 12.4 Å². The second kappa shape index (κ2) is 5.77. The van der Waals surface area contributed by atoms with E-state index >= 15 is 0 Å². The van der Waals surface area contributed by atoms with Crippen molar-refractivity contribution >= 4 is 39.7 Å². The molecule has 0 saturated carbocycles. The van der Waals surface area contributed by atoms with Gasteiger partial charge in [-0.2, -0.15) is 11.3 Å². The summed E-state index contributed by atoms with van der Waals surface area (Å²) in [6.07, 6.45) is 0. The van der Waals surface area contributed by atoms with Gasteiger partial charge in [0.25, 0.3) is 0 Å². The molecule has 86 valence electrons. The summed E-state index contributed by atoms with van der Waals surface area (Å²) in [6, 6.07) is 6.23. The van der Waals surface area contributed by atoms with Crippen LogP contribution in [0, 0.1) is 5.82 Å². The molecule has 0 aliphatic rings. The molecule has 1 atom stereocenters. The second-order valence-electron chi connectivity index (χ2n) is 3.20. The summed E-state index contributed by atoms with van der Waals surface area (Å²) >= 11 is 4.96. The minimum absolute atomic E-state index is 0. The van der Waals surface area contributed by atoms with Gasteiger partial charge < -0.3 is 5.73 Å². The van der Waals surface area contributed by atoms with Crippen molar-refractivity contribution in [2.24, 2.45) is 5.73 Å². The SMILES string of the molecule is Cl.N[C@@H](c1ccsc1)c1cc(F)ccc1Br. The summed E-state index contributed by atoms with van der Waals surface area (Å²) in [4.78, 5) is 0. The van der Waals surface area contributed by atoms with Gasteiger partial charge in [-0.1, -0.05) is 15.9 Å². The van der Waals surface area contributed by atoms with Crippen molar-refractivity contribution in [2.75, 3.05) is 0 Å². The van der Waals surface area contributed by atoms with E-state index in [1.165, 1.54) is 12.1 Å². The van der Waals surface area contributed by atoms with Crippen LogP contribution in [0.3, 0.4) is 0 Å². The molecule has 0 radical (unpaired) electrons. The van der Waals surface area contributed by atoms with Gasteiger partial charge in [-0.3, -0.25) is 0 Å². The highest BCUT2D eigenvalue weighted by Crippen LogP contribution is 2.28. The average molecular weight is 323 g/mol. The molecule has 0 bridgehead atoms. The lowest BCUT2D eigenvalue weighted by Gasteiger charge is -2.12. The van der Waals surface area contributed by atoms with Crippen LogP contribution < -0.4 is 5.73 Å². The van der Waals surface area contributed by atoms with E-state index in [-0.39, 0.29) is 24.3 Å². The minimum Gasteiger partial charge on any atom is -0.320 e. The molecule has 2 N–H and O–H groups in total. The highest BCUT2D eigenvalue weighted by atomic mass is 79.9. The summed E-state index contributed by atoms with van der Waals surface area (Å²) in [5.74, 6) is -0.265. The standard InChI is InChI=1S/C11H9BrFNS.ClH/c12-10-2-1-8(13)5-9(10)11(14)7-3-4-15-6-7;/h1-6,11H,14H2;1H/t11-;/m0./s1. The van der Waals surface area contributed by atoms with Gasteiger partial charge in [0, 0.05) is 4.47 Å². The molecule has 5 heteroatoms. The predicted octanol–water partition coefficient (Wildman–Crippen LogP) is 4.12. The molecule has 1 nitrogen and oxygen atoms in total. The molecule has 1 aromatic heterocycles. The van der Waals surface area contributed by atoms with E-state index in [1.54, 1.807) is 17.4 Å². The Balaban J connectivity index is 0.00000128. The van der Waals surface area contributed by atoms with Crippen molar-refractivity contribution in [3.8, 4) is 0 Å². The Morgan fingerprint density at radius 2 is 2.06 bits per heavy atom. The maximum atomic E-state index is 13.1. The summed E-state index contributed by atoms with van der Waals surface area (Å²) in [5, 5.41) is 3.93. The molecule has 0 spiro atoms. The molecule has 2 rings (SSSR count). The van der Waals surface area contributed by atoms with E-state index in [4.69, 9.17) is 5.73 Å². The third-order valence-corrected chi connectivity index (χ3v) is 3.62. The lowest BCUT2D eigenvalue weighted by Crippen LogP contribution is -2.11. The lowest BCUT2D eigenvalue weighted by molar-refractivity contribution is 0.623. The molecule has 0 fully saturated rings. The van der Waals surface area contributed by atoms with Crippen LogP contribution in [-0.4, -0.2) is 0 Å². The summed E-state index contributed by atoms with van der Waals surface area (Å²) < 4.78 is 13.9. The van der Waals surface area contributed by atoms with E-state index < -0.39 is 0 Å². The van der Waals surface area contributed by atoms with Crippen molar-refractivity contribution in [2.45, 2.75) is 6.04 Å². The normalized spacial score (nSPS) is 11.9. The Hall–Kier alpha value is -0.420. The zero-order chi connectivity index (χ0) is 10.8. The first-order chi connectivity index (χ1) is 7.18. The first-order valence-electron chi connectivity index (χ1n) is 4.41. The van der Waals surface area contributed by atoms with Crippen LogP contribution >= 0.6 is 39.7 Å². The van der Waals surface area contributed by atoms with Gasteiger partial charge >= 0.3 is 0 Å². The molecular formula is C11H10BrClFNS. The van der Waals surface area contributed by atoms with Gasteiger partial charge in [-0.25, -0.2) is 4.39 Å². The highest BCUT2D eigenvalue weighted by molar-refractivity contribution is 9.10. The van der Waals surface area contributed by atoms with Crippen molar-refractivity contribution in [1.29, 1.82) is 0 Å². The maximum Gasteiger partial charge on any atom is 0.123 e.